The van der Waals surface area contributed by atoms with E-state index in [1.165, 1.54) is 7.11 Å². The summed E-state index contributed by atoms with van der Waals surface area (Å²) in [6.07, 6.45) is 0.613. The third kappa shape index (κ3) is 2.77. The van der Waals surface area contributed by atoms with Gasteiger partial charge in [-0.1, -0.05) is 29.8 Å². The van der Waals surface area contributed by atoms with Crippen LogP contribution in [0.1, 0.15) is 29.9 Å². The number of pyridine rings is 1. The van der Waals surface area contributed by atoms with Gasteiger partial charge in [-0.2, -0.15) is 0 Å². The first kappa shape index (κ1) is 14.8. The number of hydrogen-bond acceptors (Lipinski definition) is 3. The molecule has 1 N–H and O–H groups in total. The van der Waals surface area contributed by atoms with E-state index in [9.17, 15) is 9.59 Å². The van der Waals surface area contributed by atoms with Gasteiger partial charge in [0.15, 0.2) is 0 Å². The molecule has 0 saturated carbocycles. The molecular formula is C15H16BrNO3. The molecule has 1 aromatic carbocycles. The second-order valence-electron chi connectivity index (χ2n) is 5.09. The number of aromatic nitrogens is 1. The van der Waals surface area contributed by atoms with Crippen LogP contribution in [-0.2, 0) is 11.2 Å². The fourth-order valence-corrected chi connectivity index (χ4v) is 2.61. The van der Waals surface area contributed by atoms with Gasteiger partial charge < -0.3 is 9.72 Å². The Morgan fingerprint density at radius 3 is 2.65 bits per heavy atom. The number of esters is 1. The number of carbonyl (C=O) groups is 1. The average Bonchev–Trinajstić information content (AvgIpc) is 2.37. The maximum Gasteiger partial charge on any atom is 0.340 e. The van der Waals surface area contributed by atoms with Crippen molar-refractivity contribution < 1.29 is 9.53 Å². The smallest absolute Gasteiger partial charge is 0.340 e. The largest absolute Gasteiger partial charge is 0.465 e. The molecule has 2 aromatic rings. The van der Waals surface area contributed by atoms with E-state index in [0.717, 1.165) is 4.47 Å². The Morgan fingerprint density at radius 1 is 1.35 bits per heavy atom. The van der Waals surface area contributed by atoms with Gasteiger partial charge in [-0.05, 0) is 30.5 Å². The molecule has 0 bridgehead atoms. The molecule has 20 heavy (non-hydrogen) atoms. The summed E-state index contributed by atoms with van der Waals surface area (Å²) in [5, 5.41) is 1.10. The van der Waals surface area contributed by atoms with E-state index >= 15 is 0 Å². The van der Waals surface area contributed by atoms with Crippen molar-refractivity contribution in [1.82, 2.24) is 4.98 Å². The van der Waals surface area contributed by atoms with E-state index in [-0.39, 0.29) is 5.56 Å². The Balaban J connectivity index is 2.85. The SMILES string of the molecule is COC(=O)c1c(CC(C)C)[nH]c(=O)c2ccc(Br)cc12. The highest BCUT2D eigenvalue weighted by Crippen LogP contribution is 2.24. The van der Waals surface area contributed by atoms with Crippen LogP contribution < -0.4 is 5.56 Å². The molecule has 0 atom stereocenters. The van der Waals surface area contributed by atoms with Crippen LogP contribution >= 0.6 is 15.9 Å². The summed E-state index contributed by atoms with van der Waals surface area (Å²) in [5.74, 6) is -0.112. The van der Waals surface area contributed by atoms with Crippen molar-refractivity contribution in [3.05, 3.63) is 44.3 Å². The number of methoxy groups -OCH3 is 1. The quantitative estimate of drug-likeness (QED) is 0.874. The van der Waals surface area contributed by atoms with Crippen LogP contribution in [0.3, 0.4) is 0 Å². The van der Waals surface area contributed by atoms with Crippen LogP contribution in [0.2, 0.25) is 0 Å². The Labute approximate surface area is 125 Å². The van der Waals surface area contributed by atoms with E-state index in [1.807, 2.05) is 13.8 Å². The number of benzene rings is 1. The van der Waals surface area contributed by atoms with Crippen molar-refractivity contribution in [3.8, 4) is 0 Å². The van der Waals surface area contributed by atoms with Gasteiger partial charge in [0.1, 0.15) is 0 Å². The minimum Gasteiger partial charge on any atom is -0.465 e. The predicted octanol–water partition coefficient (Wildman–Crippen LogP) is 3.28. The van der Waals surface area contributed by atoms with Gasteiger partial charge in [-0.3, -0.25) is 4.79 Å². The normalized spacial score (nSPS) is 11.1. The summed E-state index contributed by atoms with van der Waals surface area (Å²) in [6.45, 7) is 4.06. The van der Waals surface area contributed by atoms with Gasteiger partial charge >= 0.3 is 5.97 Å². The van der Waals surface area contributed by atoms with E-state index in [1.54, 1.807) is 18.2 Å². The first-order chi connectivity index (χ1) is 9.43. The third-order valence-corrected chi connectivity index (χ3v) is 3.56. The molecular weight excluding hydrogens is 322 g/mol. The first-order valence-corrected chi connectivity index (χ1v) is 7.16. The standard InChI is InChI=1S/C15H16BrNO3/c1-8(2)6-12-13(15(19)20-3)11-7-9(16)4-5-10(11)14(18)17-12/h4-5,7-8H,6H2,1-3H3,(H,17,18). The predicted molar refractivity (Wildman–Crippen MR) is 82.2 cm³/mol. The molecule has 0 fully saturated rings. The number of fused-ring (bicyclic) bond motifs is 1. The Kier molecular flexibility index (Phi) is 4.28. The lowest BCUT2D eigenvalue weighted by atomic mass is 9.98. The molecule has 0 aliphatic heterocycles. The van der Waals surface area contributed by atoms with E-state index in [0.29, 0.717) is 34.4 Å². The summed E-state index contributed by atoms with van der Waals surface area (Å²) in [7, 11) is 1.34. The number of aromatic amines is 1. The van der Waals surface area contributed by atoms with Gasteiger partial charge in [0.2, 0.25) is 0 Å². The van der Waals surface area contributed by atoms with Crippen LogP contribution in [-0.4, -0.2) is 18.1 Å². The van der Waals surface area contributed by atoms with Crippen molar-refractivity contribution in [3.63, 3.8) is 0 Å². The van der Waals surface area contributed by atoms with Crippen LogP contribution in [0.25, 0.3) is 10.8 Å². The second kappa shape index (κ2) is 5.79. The highest BCUT2D eigenvalue weighted by atomic mass is 79.9. The van der Waals surface area contributed by atoms with E-state index in [2.05, 4.69) is 20.9 Å². The second-order valence-corrected chi connectivity index (χ2v) is 6.00. The Hall–Kier alpha value is -1.62. The molecule has 0 radical (unpaired) electrons. The molecule has 1 heterocycles. The van der Waals surface area contributed by atoms with Crippen molar-refractivity contribution in [1.29, 1.82) is 0 Å². The number of carbonyl (C=O) groups excluding carboxylic acids is 1. The average molecular weight is 338 g/mol. The lowest BCUT2D eigenvalue weighted by Gasteiger charge is -2.13. The summed E-state index contributed by atoms with van der Waals surface area (Å²) < 4.78 is 5.69. The number of ether oxygens (including phenoxy) is 1. The number of H-pyrrole nitrogens is 1. The molecule has 0 unspecified atom stereocenters. The zero-order valence-corrected chi connectivity index (χ0v) is 13.2. The summed E-state index contributed by atoms with van der Waals surface area (Å²) in [5.41, 5.74) is 0.885. The first-order valence-electron chi connectivity index (χ1n) is 6.36. The summed E-state index contributed by atoms with van der Waals surface area (Å²) >= 11 is 3.37. The number of halogens is 1. The Morgan fingerprint density at radius 2 is 2.05 bits per heavy atom. The minimum absolute atomic E-state index is 0.184. The van der Waals surface area contributed by atoms with Crippen molar-refractivity contribution in [2.75, 3.05) is 7.11 Å². The summed E-state index contributed by atoms with van der Waals surface area (Å²) in [4.78, 5) is 27.0. The molecule has 5 heteroatoms. The lowest BCUT2D eigenvalue weighted by Crippen LogP contribution is -2.18. The number of nitrogens with one attached hydrogen (secondary N) is 1. The summed E-state index contributed by atoms with van der Waals surface area (Å²) in [6, 6.07) is 5.26. The molecule has 0 aliphatic carbocycles. The highest BCUT2D eigenvalue weighted by Gasteiger charge is 2.19. The monoisotopic (exact) mass is 337 g/mol. The van der Waals surface area contributed by atoms with E-state index < -0.39 is 5.97 Å². The molecule has 2 rings (SSSR count). The Bertz CT molecular complexity index is 719. The molecule has 0 saturated heterocycles. The maximum absolute atomic E-state index is 12.1. The molecule has 0 spiro atoms. The van der Waals surface area contributed by atoms with Crippen molar-refractivity contribution in [2.24, 2.45) is 5.92 Å². The van der Waals surface area contributed by atoms with Gasteiger partial charge in [0.25, 0.3) is 5.56 Å². The fraction of sp³-hybridized carbons (Fsp3) is 0.333. The lowest BCUT2D eigenvalue weighted by molar-refractivity contribution is 0.0601. The zero-order valence-electron chi connectivity index (χ0n) is 11.6. The minimum atomic E-state index is -0.431. The van der Waals surface area contributed by atoms with Crippen LogP contribution in [0, 0.1) is 5.92 Å². The van der Waals surface area contributed by atoms with Gasteiger partial charge in [-0.15, -0.1) is 0 Å². The fourth-order valence-electron chi connectivity index (χ4n) is 2.25. The number of hydrogen-bond donors (Lipinski definition) is 1. The van der Waals surface area contributed by atoms with Crippen LogP contribution in [0.4, 0.5) is 0 Å². The van der Waals surface area contributed by atoms with Crippen LogP contribution in [0.5, 0.6) is 0 Å². The van der Waals surface area contributed by atoms with Crippen molar-refractivity contribution >= 4 is 32.7 Å². The molecule has 0 aliphatic rings. The third-order valence-electron chi connectivity index (χ3n) is 3.06. The van der Waals surface area contributed by atoms with Gasteiger partial charge in [0, 0.05) is 20.9 Å². The molecule has 4 nitrogen and oxygen atoms in total. The highest BCUT2D eigenvalue weighted by molar-refractivity contribution is 9.10. The van der Waals surface area contributed by atoms with Gasteiger partial charge in [-0.25, -0.2) is 4.79 Å². The maximum atomic E-state index is 12.1. The molecule has 0 amide bonds. The molecule has 1 aromatic heterocycles. The topological polar surface area (TPSA) is 59.2 Å². The van der Waals surface area contributed by atoms with Crippen LogP contribution in [0.15, 0.2) is 27.5 Å². The zero-order chi connectivity index (χ0) is 14.9. The van der Waals surface area contributed by atoms with E-state index in [4.69, 9.17) is 4.74 Å². The van der Waals surface area contributed by atoms with Crippen molar-refractivity contribution in [2.45, 2.75) is 20.3 Å². The molecule has 106 valence electrons. The van der Waals surface area contributed by atoms with Gasteiger partial charge in [0.05, 0.1) is 12.7 Å². The number of rotatable bonds is 3.